The second-order valence-corrected chi connectivity index (χ2v) is 5.99. The maximum Gasteiger partial charge on any atom is 0.337 e. The number of piperidine rings is 1. The highest BCUT2D eigenvalue weighted by Crippen LogP contribution is 2.32. The van der Waals surface area contributed by atoms with Crippen molar-refractivity contribution in [3.63, 3.8) is 0 Å². The Labute approximate surface area is 145 Å². The summed E-state index contributed by atoms with van der Waals surface area (Å²) in [6, 6.07) is 7.03. The number of nitrogens with zero attached hydrogens (tertiary/aromatic N) is 3. The summed E-state index contributed by atoms with van der Waals surface area (Å²) >= 11 is 6.42. The zero-order chi connectivity index (χ0) is 16.9. The number of carbonyl (C=O) groups is 1. The van der Waals surface area contributed by atoms with Gasteiger partial charge in [0, 0.05) is 18.9 Å². The number of aromatic nitrogens is 2. The maximum absolute atomic E-state index is 11.6. The van der Waals surface area contributed by atoms with Gasteiger partial charge in [0.15, 0.2) is 0 Å². The van der Waals surface area contributed by atoms with Crippen LogP contribution in [0.15, 0.2) is 36.7 Å². The maximum atomic E-state index is 11.6. The monoisotopic (exact) mass is 346 g/mol. The third-order valence-electron chi connectivity index (χ3n) is 4.04. The Bertz CT molecular complexity index is 711. The van der Waals surface area contributed by atoms with Crippen molar-refractivity contribution in [1.82, 2.24) is 9.97 Å². The van der Waals surface area contributed by atoms with Crippen molar-refractivity contribution < 1.29 is 9.53 Å². The first-order valence-electron chi connectivity index (χ1n) is 7.87. The van der Waals surface area contributed by atoms with Gasteiger partial charge in [0.25, 0.3) is 0 Å². The molecule has 1 aromatic heterocycles. The van der Waals surface area contributed by atoms with Gasteiger partial charge in [-0.05, 0) is 43.5 Å². The molecule has 126 valence electrons. The molecular weight excluding hydrogens is 328 g/mol. The molecule has 0 amide bonds. The molecule has 0 aliphatic carbocycles. The average molecular weight is 347 g/mol. The zero-order valence-electron chi connectivity index (χ0n) is 13.4. The summed E-state index contributed by atoms with van der Waals surface area (Å²) in [4.78, 5) is 22.3. The lowest BCUT2D eigenvalue weighted by Gasteiger charge is -2.38. The fourth-order valence-corrected chi connectivity index (χ4v) is 3.17. The van der Waals surface area contributed by atoms with Crippen LogP contribution in [0.25, 0.3) is 0 Å². The number of halogens is 1. The number of carbonyl (C=O) groups excluding carboxylic acids is 1. The van der Waals surface area contributed by atoms with Gasteiger partial charge in [-0.15, -0.1) is 0 Å². The van der Waals surface area contributed by atoms with E-state index in [4.69, 9.17) is 16.3 Å². The van der Waals surface area contributed by atoms with E-state index in [2.05, 4.69) is 20.2 Å². The van der Waals surface area contributed by atoms with E-state index in [1.165, 1.54) is 7.11 Å². The molecule has 0 bridgehead atoms. The van der Waals surface area contributed by atoms with Crippen LogP contribution in [0.5, 0.6) is 0 Å². The van der Waals surface area contributed by atoms with Crippen LogP contribution < -0.4 is 10.2 Å². The van der Waals surface area contributed by atoms with E-state index in [-0.39, 0.29) is 6.17 Å². The standard InChI is InChI=1S/C17H19ClN4O2/c1-24-16(23)12-6-7-14(13(18)11-12)22-10-3-2-5-15(22)21-17-19-8-4-9-20-17/h4,6-9,11,15H,2-3,5,10H2,1H3,(H,19,20,21)/t15-/m0/s1. The highest BCUT2D eigenvalue weighted by Gasteiger charge is 2.25. The number of benzene rings is 1. The zero-order valence-corrected chi connectivity index (χ0v) is 14.2. The van der Waals surface area contributed by atoms with Crippen LogP contribution in [0.2, 0.25) is 5.02 Å². The second-order valence-electron chi connectivity index (χ2n) is 5.58. The predicted molar refractivity (Wildman–Crippen MR) is 93.4 cm³/mol. The first-order valence-corrected chi connectivity index (χ1v) is 8.25. The molecule has 1 saturated heterocycles. The SMILES string of the molecule is COC(=O)c1ccc(N2CCCC[C@H]2Nc2ncccn2)c(Cl)c1. The molecule has 1 fully saturated rings. The molecule has 1 aromatic carbocycles. The highest BCUT2D eigenvalue weighted by atomic mass is 35.5. The molecule has 0 spiro atoms. The van der Waals surface area contributed by atoms with Crippen molar-refractivity contribution in [3.8, 4) is 0 Å². The van der Waals surface area contributed by atoms with Gasteiger partial charge in [-0.2, -0.15) is 0 Å². The lowest BCUT2D eigenvalue weighted by Crippen LogP contribution is -2.45. The molecule has 1 aliphatic heterocycles. The number of rotatable bonds is 4. The van der Waals surface area contributed by atoms with E-state index < -0.39 is 5.97 Å². The number of ether oxygens (including phenoxy) is 1. The fraction of sp³-hybridized carbons (Fsp3) is 0.353. The molecule has 2 aromatic rings. The van der Waals surface area contributed by atoms with Gasteiger partial charge < -0.3 is 15.0 Å². The van der Waals surface area contributed by atoms with Gasteiger partial charge in [-0.1, -0.05) is 11.6 Å². The summed E-state index contributed by atoms with van der Waals surface area (Å²) in [5, 5.41) is 3.89. The van der Waals surface area contributed by atoms with Crippen LogP contribution in [0.3, 0.4) is 0 Å². The van der Waals surface area contributed by atoms with E-state index in [1.54, 1.807) is 30.6 Å². The molecule has 0 radical (unpaired) electrons. The second kappa shape index (κ2) is 7.49. The number of hydrogen-bond donors (Lipinski definition) is 1. The molecule has 7 heteroatoms. The third kappa shape index (κ3) is 3.59. The lowest BCUT2D eigenvalue weighted by atomic mass is 10.1. The molecule has 1 aliphatic rings. The molecule has 2 heterocycles. The first kappa shape index (κ1) is 16.5. The molecule has 6 nitrogen and oxygen atoms in total. The summed E-state index contributed by atoms with van der Waals surface area (Å²) in [7, 11) is 1.36. The van der Waals surface area contributed by atoms with Crippen molar-refractivity contribution in [2.24, 2.45) is 0 Å². The van der Waals surface area contributed by atoms with E-state index >= 15 is 0 Å². The Hall–Kier alpha value is -2.34. The van der Waals surface area contributed by atoms with Crippen molar-refractivity contribution in [2.75, 3.05) is 23.9 Å². The summed E-state index contributed by atoms with van der Waals surface area (Å²) in [5.41, 5.74) is 1.33. The van der Waals surface area contributed by atoms with Crippen molar-refractivity contribution in [2.45, 2.75) is 25.4 Å². The molecule has 0 saturated carbocycles. The Morgan fingerprint density at radius 1 is 1.33 bits per heavy atom. The van der Waals surface area contributed by atoms with E-state index in [1.807, 2.05) is 6.07 Å². The van der Waals surface area contributed by atoms with Crippen molar-refractivity contribution in [1.29, 1.82) is 0 Å². The van der Waals surface area contributed by atoms with Crippen LogP contribution in [0.1, 0.15) is 29.6 Å². The van der Waals surface area contributed by atoms with Gasteiger partial charge in [0.05, 0.1) is 23.4 Å². The number of nitrogens with one attached hydrogen (secondary N) is 1. The first-order chi connectivity index (χ1) is 11.7. The summed E-state index contributed by atoms with van der Waals surface area (Å²) in [6.07, 6.45) is 6.65. The Kier molecular flexibility index (Phi) is 5.15. The normalized spacial score (nSPS) is 17.4. The number of esters is 1. The number of hydrogen-bond acceptors (Lipinski definition) is 6. The minimum atomic E-state index is -0.394. The van der Waals surface area contributed by atoms with Gasteiger partial charge >= 0.3 is 5.97 Å². The molecule has 3 rings (SSSR count). The van der Waals surface area contributed by atoms with E-state index in [9.17, 15) is 4.79 Å². The summed E-state index contributed by atoms with van der Waals surface area (Å²) in [5.74, 6) is 0.200. The predicted octanol–water partition coefficient (Wildman–Crippen LogP) is 3.35. The fourth-order valence-electron chi connectivity index (χ4n) is 2.88. The Balaban J connectivity index is 1.84. The molecule has 1 atom stereocenters. The quantitative estimate of drug-likeness (QED) is 0.856. The van der Waals surface area contributed by atoms with Gasteiger partial charge in [0.1, 0.15) is 6.17 Å². The average Bonchev–Trinajstić information content (AvgIpc) is 2.62. The van der Waals surface area contributed by atoms with Crippen LogP contribution in [-0.2, 0) is 4.74 Å². The van der Waals surface area contributed by atoms with Crippen molar-refractivity contribution >= 4 is 29.2 Å². The van der Waals surface area contributed by atoms with E-state index in [0.29, 0.717) is 16.5 Å². The topological polar surface area (TPSA) is 67.3 Å². The van der Waals surface area contributed by atoms with Gasteiger partial charge in [-0.25, -0.2) is 14.8 Å². The third-order valence-corrected chi connectivity index (χ3v) is 4.35. The van der Waals surface area contributed by atoms with Crippen LogP contribution in [-0.4, -0.2) is 35.8 Å². The molecule has 24 heavy (non-hydrogen) atoms. The van der Waals surface area contributed by atoms with Crippen LogP contribution >= 0.6 is 11.6 Å². The summed E-state index contributed by atoms with van der Waals surface area (Å²) in [6.45, 7) is 0.877. The Morgan fingerprint density at radius 2 is 2.12 bits per heavy atom. The minimum Gasteiger partial charge on any atom is -0.465 e. The Morgan fingerprint density at radius 3 is 2.83 bits per heavy atom. The molecule has 0 unspecified atom stereocenters. The number of anilines is 2. The van der Waals surface area contributed by atoms with Gasteiger partial charge in [-0.3, -0.25) is 0 Å². The lowest BCUT2D eigenvalue weighted by molar-refractivity contribution is 0.0601. The highest BCUT2D eigenvalue weighted by molar-refractivity contribution is 6.33. The minimum absolute atomic E-state index is 0.0580. The van der Waals surface area contributed by atoms with Crippen LogP contribution in [0.4, 0.5) is 11.6 Å². The van der Waals surface area contributed by atoms with Crippen molar-refractivity contribution in [3.05, 3.63) is 47.2 Å². The number of methoxy groups -OCH3 is 1. The molecule has 1 N–H and O–H groups in total. The van der Waals surface area contributed by atoms with Gasteiger partial charge in [0.2, 0.25) is 5.95 Å². The smallest absolute Gasteiger partial charge is 0.337 e. The van der Waals surface area contributed by atoms with Crippen LogP contribution in [0, 0.1) is 0 Å². The largest absolute Gasteiger partial charge is 0.465 e. The summed E-state index contributed by atoms with van der Waals surface area (Å²) < 4.78 is 4.74. The molecular formula is C17H19ClN4O2. The van der Waals surface area contributed by atoms with E-state index in [0.717, 1.165) is 31.5 Å².